The van der Waals surface area contributed by atoms with Crippen molar-refractivity contribution in [3.05, 3.63) is 23.8 Å². The predicted octanol–water partition coefficient (Wildman–Crippen LogP) is -0.000600. The first-order valence-corrected chi connectivity index (χ1v) is 7.08. The smallest absolute Gasteiger partial charge is 0.240 e. The van der Waals surface area contributed by atoms with Gasteiger partial charge in [0.05, 0.1) is 11.5 Å². The molecular weight excluding hydrogens is 240 g/mol. The Balaban J connectivity index is 1.88. The van der Waals surface area contributed by atoms with Gasteiger partial charge in [-0.1, -0.05) is 0 Å². The number of rotatable bonds is 3. The van der Waals surface area contributed by atoms with Crippen LogP contribution < -0.4 is 15.2 Å². The van der Waals surface area contributed by atoms with Crippen LogP contribution in [-0.4, -0.2) is 27.1 Å². The van der Waals surface area contributed by atoms with Crippen LogP contribution in [0, 0.1) is 0 Å². The number of hydrogen-bond donors (Lipinski definition) is 2. The Bertz CT molecular complexity index is 556. The van der Waals surface area contributed by atoms with E-state index >= 15 is 0 Å². The minimum Gasteiger partial charge on any atom is -0.493 e. The van der Waals surface area contributed by atoms with Crippen LogP contribution >= 0.6 is 0 Å². The van der Waals surface area contributed by atoms with E-state index in [-0.39, 0.29) is 12.1 Å². The molecule has 17 heavy (non-hydrogen) atoms. The van der Waals surface area contributed by atoms with E-state index in [9.17, 15) is 8.42 Å². The topological polar surface area (TPSA) is 81.4 Å². The molecule has 0 bridgehead atoms. The summed E-state index contributed by atoms with van der Waals surface area (Å²) in [5.74, 6) is 0.784. The van der Waals surface area contributed by atoms with E-state index in [4.69, 9.17) is 10.5 Å². The Morgan fingerprint density at radius 2 is 2.18 bits per heavy atom. The maximum absolute atomic E-state index is 12.0. The summed E-state index contributed by atoms with van der Waals surface area (Å²) in [6.07, 6.45) is 1.48. The van der Waals surface area contributed by atoms with Crippen LogP contribution in [0.5, 0.6) is 5.75 Å². The van der Waals surface area contributed by atoms with Gasteiger partial charge in [-0.05, 0) is 30.2 Å². The maximum atomic E-state index is 12.0. The number of hydrogen-bond acceptors (Lipinski definition) is 4. The van der Waals surface area contributed by atoms with E-state index in [0.717, 1.165) is 17.7 Å². The second-order valence-corrected chi connectivity index (χ2v) is 6.21. The van der Waals surface area contributed by atoms with Gasteiger partial charge in [0.1, 0.15) is 5.75 Å². The van der Waals surface area contributed by atoms with E-state index < -0.39 is 10.0 Å². The summed E-state index contributed by atoms with van der Waals surface area (Å²) in [6.45, 7) is 0.625. The predicted molar refractivity (Wildman–Crippen MR) is 62.3 cm³/mol. The zero-order valence-electron chi connectivity index (χ0n) is 9.22. The van der Waals surface area contributed by atoms with Gasteiger partial charge in [0, 0.05) is 18.5 Å². The average Bonchev–Trinajstić information content (AvgIpc) is 2.81. The van der Waals surface area contributed by atoms with Gasteiger partial charge in [0.2, 0.25) is 10.0 Å². The van der Waals surface area contributed by atoms with Crippen molar-refractivity contribution in [1.82, 2.24) is 4.72 Å². The highest BCUT2D eigenvalue weighted by Crippen LogP contribution is 2.28. The van der Waals surface area contributed by atoms with Gasteiger partial charge >= 0.3 is 0 Å². The van der Waals surface area contributed by atoms with E-state index in [0.29, 0.717) is 17.9 Å². The summed E-state index contributed by atoms with van der Waals surface area (Å²) < 4.78 is 32.0. The van der Waals surface area contributed by atoms with Gasteiger partial charge in [-0.3, -0.25) is 0 Å². The van der Waals surface area contributed by atoms with Crippen molar-refractivity contribution in [2.45, 2.75) is 29.8 Å². The highest BCUT2D eigenvalue weighted by molar-refractivity contribution is 7.89. The molecule has 0 spiro atoms. The lowest BCUT2D eigenvalue weighted by Crippen LogP contribution is -2.29. The second-order valence-electron chi connectivity index (χ2n) is 4.50. The van der Waals surface area contributed by atoms with Crippen molar-refractivity contribution >= 4 is 10.0 Å². The minimum absolute atomic E-state index is 0.0393. The van der Waals surface area contributed by atoms with E-state index in [1.807, 2.05) is 0 Å². The van der Waals surface area contributed by atoms with Crippen LogP contribution in [0.2, 0.25) is 0 Å². The van der Waals surface area contributed by atoms with Crippen molar-refractivity contribution < 1.29 is 13.2 Å². The molecule has 0 aromatic heterocycles. The Morgan fingerprint density at radius 1 is 1.41 bits per heavy atom. The summed E-state index contributed by atoms with van der Waals surface area (Å²) in [4.78, 5) is 0.292. The molecule has 2 unspecified atom stereocenters. The van der Waals surface area contributed by atoms with Gasteiger partial charge in [0.25, 0.3) is 0 Å². The lowest BCUT2D eigenvalue weighted by molar-refractivity contribution is 0.356. The Labute approximate surface area is 100 Å². The van der Waals surface area contributed by atoms with Gasteiger partial charge < -0.3 is 10.5 Å². The molecule has 0 saturated heterocycles. The first-order valence-electron chi connectivity index (χ1n) is 5.60. The molecule has 1 aliphatic heterocycles. The van der Waals surface area contributed by atoms with E-state index in [1.54, 1.807) is 18.2 Å². The van der Waals surface area contributed by atoms with Crippen molar-refractivity contribution in [2.24, 2.45) is 5.73 Å². The molecular formula is C11H14N2O3S. The van der Waals surface area contributed by atoms with Crippen molar-refractivity contribution in [3.63, 3.8) is 0 Å². The van der Waals surface area contributed by atoms with Crippen LogP contribution in [0.15, 0.2) is 23.1 Å². The maximum Gasteiger partial charge on any atom is 0.240 e. The summed E-state index contributed by atoms with van der Waals surface area (Å²) in [7, 11) is -3.44. The Kier molecular flexibility index (Phi) is 2.39. The van der Waals surface area contributed by atoms with E-state index in [1.165, 1.54) is 0 Å². The molecule has 1 aromatic rings. The SMILES string of the molecule is NC1CC1NS(=O)(=O)c1ccc2c(c1)CCO2. The minimum atomic E-state index is -3.44. The van der Waals surface area contributed by atoms with Crippen LogP contribution in [0.25, 0.3) is 0 Å². The van der Waals surface area contributed by atoms with Crippen molar-refractivity contribution in [3.8, 4) is 5.75 Å². The first kappa shape index (κ1) is 11.0. The summed E-state index contributed by atoms with van der Waals surface area (Å²) in [5.41, 5.74) is 6.55. The molecule has 5 nitrogen and oxygen atoms in total. The molecule has 1 saturated carbocycles. The molecule has 0 amide bonds. The molecule has 2 atom stereocenters. The second kappa shape index (κ2) is 3.69. The van der Waals surface area contributed by atoms with Gasteiger partial charge in [0.15, 0.2) is 0 Å². The third-order valence-corrected chi connectivity index (χ3v) is 4.61. The summed E-state index contributed by atoms with van der Waals surface area (Å²) >= 11 is 0. The third-order valence-electron chi connectivity index (χ3n) is 3.12. The Hall–Kier alpha value is -1.11. The van der Waals surface area contributed by atoms with Crippen LogP contribution in [0.4, 0.5) is 0 Å². The van der Waals surface area contributed by atoms with Gasteiger partial charge in [-0.2, -0.15) is 0 Å². The summed E-state index contributed by atoms with van der Waals surface area (Å²) in [5, 5.41) is 0. The van der Waals surface area contributed by atoms with Crippen LogP contribution in [0.3, 0.4) is 0 Å². The largest absolute Gasteiger partial charge is 0.493 e. The lowest BCUT2D eigenvalue weighted by Gasteiger charge is -2.07. The quantitative estimate of drug-likeness (QED) is 0.795. The third kappa shape index (κ3) is 2.03. The van der Waals surface area contributed by atoms with Crippen LogP contribution in [0.1, 0.15) is 12.0 Å². The first-order chi connectivity index (χ1) is 8.06. The lowest BCUT2D eigenvalue weighted by atomic mass is 10.2. The molecule has 1 aliphatic carbocycles. The molecule has 6 heteroatoms. The standard InChI is InChI=1S/C11H14N2O3S/c12-9-6-10(9)13-17(14,15)8-1-2-11-7(5-8)3-4-16-11/h1-2,5,9-10,13H,3-4,6,12H2. The molecule has 2 aliphatic rings. The fraction of sp³-hybridized carbons (Fsp3) is 0.455. The van der Waals surface area contributed by atoms with Crippen molar-refractivity contribution in [1.29, 1.82) is 0 Å². The zero-order valence-corrected chi connectivity index (χ0v) is 10.0. The molecule has 1 fully saturated rings. The number of nitrogens with two attached hydrogens (primary N) is 1. The van der Waals surface area contributed by atoms with Gasteiger partial charge in [-0.25, -0.2) is 13.1 Å². The number of benzene rings is 1. The zero-order chi connectivity index (χ0) is 12.0. The van der Waals surface area contributed by atoms with Gasteiger partial charge in [-0.15, -0.1) is 0 Å². The number of fused-ring (bicyclic) bond motifs is 1. The molecule has 1 heterocycles. The number of nitrogens with one attached hydrogen (secondary N) is 1. The molecule has 0 radical (unpaired) electrons. The molecule has 3 N–H and O–H groups in total. The summed E-state index contributed by atoms with van der Waals surface area (Å²) in [6, 6.07) is 4.81. The van der Waals surface area contributed by atoms with E-state index in [2.05, 4.69) is 4.72 Å². The highest BCUT2D eigenvalue weighted by atomic mass is 32.2. The fourth-order valence-electron chi connectivity index (χ4n) is 1.95. The molecule has 1 aromatic carbocycles. The van der Waals surface area contributed by atoms with Crippen LogP contribution in [-0.2, 0) is 16.4 Å². The Morgan fingerprint density at radius 3 is 2.88 bits per heavy atom. The van der Waals surface area contributed by atoms with Crippen molar-refractivity contribution in [2.75, 3.05) is 6.61 Å². The molecule has 3 rings (SSSR count). The number of sulfonamides is 1. The normalized spacial score (nSPS) is 26.4. The number of ether oxygens (including phenoxy) is 1. The monoisotopic (exact) mass is 254 g/mol. The average molecular weight is 254 g/mol. The fourth-order valence-corrected chi connectivity index (χ4v) is 3.30. The highest BCUT2D eigenvalue weighted by Gasteiger charge is 2.37. The molecule has 92 valence electrons.